The van der Waals surface area contributed by atoms with E-state index in [-0.39, 0.29) is 12.5 Å². The van der Waals surface area contributed by atoms with Gasteiger partial charge in [0.15, 0.2) is 6.29 Å². The molecule has 0 aliphatic carbocycles. The number of aromatic nitrogens is 2. The van der Waals surface area contributed by atoms with Crippen molar-refractivity contribution in [2.45, 2.75) is 26.0 Å². The zero-order valence-corrected chi connectivity index (χ0v) is 16.9. The third-order valence-electron chi connectivity index (χ3n) is 5.00. The van der Waals surface area contributed by atoms with Gasteiger partial charge in [0.2, 0.25) is 11.8 Å². The molecule has 4 rings (SSSR count). The highest BCUT2D eigenvalue weighted by Gasteiger charge is 2.24. The molecule has 1 atom stereocenters. The van der Waals surface area contributed by atoms with E-state index in [9.17, 15) is 4.79 Å². The first kappa shape index (κ1) is 20.1. The minimum Gasteiger partial charge on any atom is -0.472 e. The van der Waals surface area contributed by atoms with Crippen LogP contribution >= 0.6 is 0 Å². The van der Waals surface area contributed by atoms with E-state index in [2.05, 4.69) is 5.10 Å². The van der Waals surface area contributed by atoms with Crippen molar-refractivity contribution in [3.63, 3.8) is 0 Å². The SMILES string of the molecule is CO[C@H](OCC(=O)N1CCn2nc(OCc3ccccc3)cc2C1)c1ccccc1. The Morgan fingerprint density at radius 3 is 2.53 bits per heavy atom. The molecule has 0 saturated carbocycles. The van der Waals surface area contributed by atoms with Crippen LogP contribution in [0.2, 0.25) is 0 Å². The average Bonchev–Trinajstić information content (AvgIpc) is 3.21. The van der Waals surface area contributed by atoms with Crippen molar-refractivity contribution in [1.82, 2.24) is 14.7 Å². The van der Waals surface area contributed by atoms with Gasteiger partial charge in [-0.25, -0.2) is 0 Å². The number of hydrogen-bond acceptors (Lipinski definition) is 5. The van der Waals surface area contributed by atoms with Crippen LogP contribution in [0, 0.1) is 0 Å². The lowest BCUT2D eigenvalue weighted by Gasteiger charge is -2.28. The molecule has 0 radical (unpaired) electrons. The van der Waals surface area contributed by atoms with E-state index in [1.54, 1.807) is 12.0 Å². The van der Waals surface area contributed by atoms with Crippen LogP contribution in [-0.2, 0) is 34.0 Å². The van der Waals surface area contributed by atoms with E-state index in [1.807, 2.05) is 71.4 Å². The molecule has 0 saturated heterocycles. The Balaban J connectivity index is 1.31. The van der Waals surface area contributed by atoms with Crippen molar-refractivity contribution in [3.8, 4) is 5.88 Å². The minimum atomic E-state index is -0.566. The number of methoxy groups -OCH3 is 1. The smallest absolute Gasteiger partial charge is 0.249 e. The van der Waals surface area contributed by atoms with Crippen LogP contribution in [0.15, 0.2) is 66.7 Å². The monoisotopic (exact) mass is 407 g/mol. The largest absolute Gasteiger partial charge is 0.472 e. The van der Waals surface area contributed by atoms with Crippen LogP contribution in [-0.4, -0.2) is 40.8 Å². The Hall–Kier alpha value is -3.16. The third kappa shape index (κ3) is 4.87. The highest BCUT2D eigenvalue weighted by atomic mass is 16.7. The van der Waals surface area contributed by atoms with E-state index >= 15 is 0 Å². The fraction of sp³-hybridized carbons (Fsp3) is 0.304. The summed E-state index contributed by atoms with van der Waals surface area (Å²) in [6, 6.07) is 21.4. The van der Waals surface area contributed by atoms with Gasteiger partial charge >= 0.3 is 0 Å². The second kappa shape index (κ2) is 9.56. The molecule has 7 heteroatoms. The summed E-state index contributed by atoms with van der Waals surface area (Å²) in [5, 5.41) is 4.49. The topological polar surface area (TPSA) is 65.8 Å². The first-order valence-electron chi connectivity index (χ1n) is 9.93. The van der Waals surface area contributed by atoms with Gasteiger partial charge in [0.1, 0.15) is 13.2 Å². The first-order chi connectivity index (χ1) is 14.7. The Kier molecular flexibility index (Phi) is 6.41. The molecule has 1 aromatic heterocycles. The highest BCUT2D eigenvalue weighted by Crippen LogP contribution is 2.21. The number of rotatable bonds is 8. The van der Waals surface area contributed by atoms with E-state index in [0.717, 1.165) is 16.8 Å². The number of nitrogens with zero attached hydrogens (tertiary/aromatic N) is 3. The van der Waals surface area contributed by atoms with Crippen LogP contribution in [0.3, 0.4) is 0 Å². The summed E-state index contributed by atoms with van der Waals surface area (Å²) in [4.78, 5) is 14.4. The van der Waals surface area contributed by atoms with Crippen LogP contribution in [0.25, 0.3) is 0 Å². The maximum atomic E-state index is 12.7. The van der Waals surface area contributed by atoms with Gasteiger partial charge in [-0.2, -0.15) is 0 Å². The zero-order valence-electron chi connectivity index (χ0n) is 16.9. The molecule has 0 bridgehead atoms. The molecule has 1 aliphatic rings. The van der Waals surface area contributed by atoms with Gasteiger partial charge in [-0.1, -0.05) is 60.7 Å². The second-order valence-electron chi connectivity index (χ2n) is 7.08. The molecule has 0 fully saturated rings. The molecule has 0 unspecified atom stereocenters. The Bertz CT molecular complexity index is 959. The van der Waals surface area contributed by atoms with Crippen LogP contribution in [0.4, 0.5) is 0 Å². The molecule has 1 aliphatic heterocycles. The number of benzene rings is 2. The number of fused-ring (bicyclic) bond motifs is 1. The number of amides is 1. The van der Waals surface area contributed by atoms with Crippen molar-refractivity contribution < 1.29 is 19.0 Å². The summed E-state index contributed by atoms with van der Waals surface area (Å²) in [7, 11) is 1.57. The molecule has 7 nitrogen and oxygen atoms in total. The first-order valence-corrected chi connectivity index (χ1v) is 9.93. The lowest BCUT2D eigenvalue weighted by Crippen LogP contribution is -2.40. The lowest BCUT2D eigenvalue weighted by atomic mass is 10.2. The van der Waals surface area contributed by atoms with Gasteiger partial charge < -0.3 is 19.1 Å². The zero-order chi connectivity index (χ0) is 20.8. The maximum absolute atomic E-state index is 12.7. The van der Waals surface area contributed by atoms with Crippen LogP contribution in [0.5, 0.6) is 5.88 Å². The lowest BCUT2D eigenvalue weighted by molar-refractivity contribution is -0.159. The third-order valence-corrected chi connectivity index (χ3v) is 5.00. The average molecular weight is 407 g/mol. The standard InChI is InChI=1S/C23H25N3O4/c1-28-23(19-10-6-3-7-11-19)30-17-22(27)25-12-13-26-20(15-25)14-21(24-26)29-16-18-8-4-2-5-9-18/h2-11,14,23H,12-13,15-17H2,1H3/t23-/m1/s1. The molecular formula is C23H25N3O4. The van der Waals surface area contributed by atoms with E-state index in [4.69, 9.17) is 14.2 Å². The van der Waals surface area contributed by atoms with Crippen molar-refractivity contribution in [2.75, 3.05) is 20.3 Å². The quantitative estimate of drug-likeness (QED) is 0.537. The normalized spacial score (nSPS) is 14.2. The molecule has 0 spiro atoms. The summed E-state index contributed by atoms with van der Waals surface area (Å²) < 4.78 is 18.8. The fourth-order valence-electron chi connectivity index (χ4n) is 3.40. The molecule has 2 aromatic carbocycles. The van der Waals surface area contributed by atoms with E-state index in [1.165, 1.54) is 0 Å². The molecular weight excluding hydrogens is 382 g/mol. The van der Waals surface area contributed by atoms with Crippen LogP contribution in [0.1, 0.15) is 23.1 Å². The molecule has 3 aromatic rings. The van der Waals surface area contributed by atoms with E-state index < -0.39 is 6.29 Å². The summed E-state index contributed by atoms with van der Waals surface area (Å²) in [6.07, 6.45) is -0.566. The Morgan fingerprint density at radius 1 is 1.07 bits per heavy atom. The summed E-state index contributed by atoms with van der Waals surface area (Å²) in [5.74, 6) is 0.495. The second-order valence-corrected chi connectivity index (χ2v) is 7.08. The predicted octanol–water partition coefficient (Wildman–Crippen LogP) is 3.17. The van der Waals surface area contributed by atoms with Gasteiger partial charge in [-0.15, -0.1) is 5.10 Å². The fourth-order valence-corrected chi connectivity index (χ4v) is 3.40. The van der Waals surface area contributed by atoms with Gasteiger partial charge in [-0.05, 0) is 5.56 Å². The van der Waals surface area contributed by atoms with Crippen molar-refractivity contribution in [2.24, 2.45) is 0 Å². The Labute approximate surface area is 175 Å². The van der Waals surface area contributed by atoms with Crippen molar-refractivity contribution >= 4 is 5.91 Å². The van der Waals surface area contributed by atoms with Crippen LogP contribution < -0.4 is 4.74 Å². The number of carbonyl (C=O) groups is 1. The van der Waals surface area contributed by atoms with Gasteiger partial charge in [0.25, 0.3) is 0 Å². The molecule has 0 N–H and O–H groups in total. The minimum absolute atomic E-state index is 0.0428. The summed E-state index contributed by atoms with van der Waals surface area (Å²) in [6.45, 7) is 2.11. The maximum Gasteiger partial charge on any atom is 0.249 e. The number of hydrogen-bond donors (Lipinski definition) is 0. The van der Waals surface area contributed by atoms with Crippen molar-refractivity contribution in [3.05, 3.63) is 83.6 Å². The van der Waals surface area contributed by atoms with Gasteiger partial charge in [-0.3, -0.25) is 9.48 Å². The van der Waals surface area contributed by atoms with Crippen molar-refractivity contribution in [1.29, 1.82) is 0 Å². The number of ether oxygens (including phenoxy) is 3. The molecule has 2 heterocycles. The highest BCUT2D eigenvalue weighted by molar-refractivity contribution is 5.77. The summed E-state index contributed by atoms with van der Waals surface area (Å²) in [5.41, 5.74) is 2.91. The number of carbonyl (C=O) groups excluding carboxylic acids is 1. The predicted molar refractivity (Wildman–Crippen MR) is 111 cm³/mol. The van der Waals surface area contributed by atoms with E-state index in [0.29, 0.717) is 32.1 Å². The Morgan fingerprint density at radius 2 is 1.80 bits per heavy atom. The molecule has 1 amide bonds. The molecule has 156 valence electrons. The van der Waals surface area contributed by atoms with Gasteiger partial charge in [0.05, 0.1) is 18.8 Å². The summed E-state index contributed by atoms with van der Waals surface area (Å²) >= 11 is 0. The van der Waals surface area contributed by atoms with Gasteiger partial charge in [0, 0.05) is 25.3 Å². The molecule has 30 heavy (non-hydrogen) atoms.